The fraction of sp³-hybridized carbons (Fsp3) is 0.429. The lowest BCUT2D eigenvalue weighted by molar-refractivity contribution is 0.127. The number of rotatable bonds is 11. The van der Waals surface area contributed by atoms with Gasteiger partial charge in [-0.05, 0) is 18.6 Å². The van der Waals surface area contributed by atoms with Crippen LogP contribution in [0.4, 0.5) is 5.82 Å². The van der Waals surface area contributed by atoms with Crippen molar-refractivity contribution in [1.29, 1.82) is 0 Å². The van der Waals surface area contributed by atoms with Crippen LogP contribution in [-0.2, 0) is 11.3 Å². The van der Waals surface area contributed by atoms with E-state index in [0.717, 1.165) is 17.5 Å². The number of aromatic nitrogens is 4. The molecule has 3 rings (SSSR count). The Labute approximate surface area is 179 Å². The van der Waals surface area contributed by atoms with Gasteiger partial charge in [-0.25, -0.2) is 15.0 Å². The van der Waals surface area contributed by atoms with Crippen molar-refractivity contribution in [2.75, 3.05) is 38.9 Å². The van der Waals surface area contributed by atoms with E-state index in [-0.39, 0.29) is 24.6 Å². The van der Waals surface area contributed by atoms with E-state index in [1.165, 1.54) is 0 Å². The zero-order valence-electron chi connectivity index (χ0n) is 17.6. The molecule has 0 atom stereocenters. The van der Waals surface area contributed by atoms with Crippen LogP contribution in [0.5, 0.6) is 5.88 Å². The summed E-state index contributed by atoms with van der Waals surface area (Å²) < 4.78 is 12.2. The van der Waals surface area contributed by atoms with Gasteiger partial charge in [-0.2, -0.15) is 0 Å². The molecule has 0 saturated heterocycles. The summed E-state index contributed by atoms with van der Waals surface area (Å²) >= 11 is 0. The Morgan fingerprint density at radius 1 is 1.13 bits per heavy atom. The normalized spacial score (nSPS) is 11.3. The monoisotopic (exact) mass is 429 g/mol. The van der Waals surface area contributed by atoms with Gasteiger partial charge in [0.05, 0.1) is 38.5 Å². The minimum absolute atomic E-state index is 0.0162. The van der Waals surface area contributed by atoms with Crippen LogP contribution < -0.4 is 15.6 Å². The molecule has 0 aliphatic heterocycles. The molecule has 0 aliphatic rings. The van der Waals surface area contributed by atoms with Crippen LogP contribution >= 0.6 is 0 Å². The lowest BCUT2D eigenvalue weighted by atomic mass is 10.1. The summed E-state index contributed by atoms with van der Waals surface area (Å²) in [4.78, 5) is 26.1. The lowest BCUT2D eigenvalue weighted by Crippen LogP contribution is -2.34. The molecule has 10 heteroatoms. The van der Waals surface area contributed by atoms with E-state index >= 15 is 0 Å². The first kappa shape index (κ1) is 22.6. The minimum Gasteiger partial charge on any atom is -0.481 e. The number of pyridine rings is 2. The van der Waals surface area contributed by atoms with Crippen molar-refractivity contribution in [2.24, 2.45) is 0 Å². The molecule has 0 unspecified atom stereocenters. The third-order valence-corrected chi connectivity index (χ3v) is 4.67. The Balaban J connectivity index is 2.05. The van der Waals surface area contributed by atoms with Crippen LogP contribution in [0, 0.1) is 0 Å². The molecule has 0 aromatic carbocycles. The SMILES string of the molecule is CCCOCCn1c(=O)c(NC(CO)CO)nc2ncc(-c3ccc(OC)nc3)cc21. The first-order chi connectivity index (χ1) is 15.1. The third-order valence-electron chi connectivity index (χ3n) is 4.67. The van der Waals surface area contributed by atoms with Crippen molar-refractivity contribution in [1.82, 2.24) is 19.5 Å². The Kier molecular flexibility index (Phi) is 7.88. The van der Waals surface area contributed by atoms with E-state index in [4.69, 9.17) is 9.47 Å². The Morgan fingerprint density at radius 2 is 1.90 bits per heavy atom. The molecule has 0 aliphatic carbocycles. The van der Waals surface area contributed by atoms with Gasteiger partial charge in [0, 0.05) is 42.7 Å². The van der Waals surface area contributed by atoms with Crippen molar-refractivity contribution >= 4 is 17.0 Å². The molecule has 3 N–H and O–H groups in total. The van der Waals surface area contributed by atoms with E-state index in [1.807, 2.05) is 19.1 Å². The Morgan fingerprint density at radius 3 is 2.55 bits per heavy atom. The molecular formula is C21H27N5O5. The second-order valence-corrected chi connectivity index (χ2v) is 6.89. The van der Waals surface area contributed by atoms with E-state index in [1.54, 1.807) is 30.1 Å². The molecule has 0 bridgehead atoms. The summed E-state index contributed by atoms with van der Waals surface area (Å²) in [5.74, 6) is 0.518. The van der Waals surface area contributed by atoms with Gasteiger partial charge in [0.2, 0.25) is 5.88 Å². The number of aliphatic hydroxyl groups excluding tert-OH is 2. The number of nitrogens with one attached hydrogen (secondary N) is 1. The molecule has 0 spiro atoms. The predicted octanol–water partition coefficient (Wildman–Crippen LogP) is 1.05. The van der Waals surface area contributed by atoms with E-state index < -0.39 is 6.04 Å². The topological polar surface area (TPSA) is 132 Å². The van der Waals surface area contributed by atoms with E-state index in [2.05, 4.69) is 20.3 Å². The highest BCUT2D eigenvalue weighted by Crippen LogP contribution is 2.23. The Hall–Kier alpha value is -3.08. The molecule has 10 nitrogen and oxygen atoms in total. The van der Waals surface area contributed by atoms with Crippen LogP contribution in [0.15, 0.2) is 35.4 Å². The van der Waals surface area contributed by atoms with Crippen molar-refractivity contribution in [2.45, 2.75) is 25.9 Å². The first-order valence-corrected chi connectivity index (χ1v) is 10.1. The fourth-order valence-corrected chi connectivity index (χ4v) is 3.01. The van der Waals surface area contributed by atoms with E-state index in [0.29, 0.717) is 36.8 Å². The summed E-state index contributed by atoms with van der Waals surface area (Å²) in [7, 11) is 1.55. The maximum absolute atomic E-state index is 13.1. The number of aliphatic hydroxyl groups is 2. The van der Waals surface area contributed by atoms with Gasteiger partial charge < -0.3 is 25.0 Å². The zero-order chi connectivity index (χ0) is 22.2. The molecule has 0 fully saturated rings. The standard InChI is InChI=1S/C21H27N5O5/c1-3-7-31-8-6-26-17-9-15(14-4-5-18(30-2)22-10-14)11-23-19(17)25-20(21(26)29)24-16(12-27)13-28/h4-5,9-11,16,27-28H,3,6-8,12-13H2,1-2H3,(H,23,24,25). The number of nitrogens with zero attached hydrogens (tertiary/aromatic N) is 4. The molecule has 0 radical (unpaired) electrons. The molecule has 0 amide bonds. The smallest absolute Gasteiger partial charge is 0.293 e. The zero-order valence-corrected chi connectivity index (χ0v) is 17.6. The number of hydrogen-bond acceptors (Lipinski definition) is 9. The van der Waals surface area contributed by atoms with Gasteiger partial charge in [-0.15, -0.1) is 0 Å². The Bertz CT molecular complexity index is 1050. The van der Waals surface area contributed by atoms with Crippen molar-refractivity contribution in [3.63, 3.8) is 0 Å². The molecule has 3 aromatic heterocycles. The summed E-state index contributed by atoms with van der Waals surface area (Å²) in [6.45, 7) is 2.59. The van der Waals surface area contributed by atoms with Crippen LogP contribution in [0.25, 0.3) is 22.3 Å². The van der Waals surface area contributed by atoms with Crippen molar-refractivity contribution < 1.29 is 19.7 Å². The minimum atomic E-state index is -0.702. The number of fused-ring (bicyclic) bond motifs is 1. The largest absolute Gasteiger partial charge is 0.481 e. The van der Waals surface area contributed by atoms with Gasteiger partial charge in [0.25, 0.3) is 5.56 Å². The molecule has 3 aromatic rings. The highest BCUT2D eigenvalue weighted by atomic mass is 16.5. The van der Waals surface area contributed by atoms with E-state index in [9.17, 15) is 15.0 Å². The van der Waals surface area contributed by atoms with Crippen LogP contribution in [0.1, 0.15) is 13.3 Å². The first-order valence-electron chi connectivity index (χ1n) is 10.1. The van der Waals surface area contributed by atoms with Crippen LogP contribution in [0.3, 0.4) is 0 Å². The summed E-state index contributed by atoms with van der Waals surface area (Å²) in [6.07, 6.45) is 4.20. The maximum Gasteiger partial charge on any atom is 0.293 e. The fourth-order valence-electron chi connectivity index (χ4n) is 3.01. The number of hydrogen-bond donors (Lipinski definition) is 3. The second-order valence-electron chi connectivity index (χ2n) is 6.89. The number of methoxy groups -OCH3 is 1. The van der Waals surface area contributed by atoms with Gasteiger partial charge in [-0.3, -0.25) is 9.36 Å². The third kappa shape index (κ3) is 5.35. The molecule has 0 saturated carbocycles. The van der Waals surface area contributed by atoms with Crippen LogP contribution in [0.2, 0.25) is 0 Å². The number of ether oxygens (including phenoxy) is 2. The van der Waals surface area contributed by atoms with Gasteiger partial charge in [0.15, 0.2) is 11.5 Å². The molecule has 3 heterocycles. The van der Waals surface area contributed by atoms with Crippen molar-refractivity contribution in [3.8, 4) is 17.0 Å². The predicted molar refractivity (Wildman–Crippen MR) is 116 cm³/mol. The highest BCUT2D eigenvalue weighted by molar-refractivity contribution is 5.78. The summed E-state index contributed by atoms with van der Waals surface area (Å²) in [5, 5.41) is 21.5. The van der Waals surface area contributed by atoms with Gasteiger partial charge in [-0.1, -0.05) is 6.92 Å². The molecule has 31 heavy (non-hydrogen) atoms. The average molecular weight is 429 g/mol. The maximum atomic E-state index is 13.1. The van der Waals surface area contributed by atoms with Crippen molar-refractivity contribution in [3.05, 3.63) is 40.9 Å². The summed E-state index contributed by atoms with van der Waals surface area (Å²) in [5.41, 5.74) is 2.12. The molecular weight excluding hydrogens is 402 g/mol. The highest BCUT2D eigenvalue weighted by Gasteiger charge is 2.16. The van der Waals surface area contributed by atoms with Gasteiger partial charge in [0.1, 0.15) is 0 Å². The summed E-state index contributed by atoms with van der Waals surface area (Å²) in [6, 6.07) is 4.74. The molecule has 166 valence electrons. The lowest BCUT2D eigenvalue weighted by Gasteiger charge is -2.17. The van der Waals surface area contributed by atoms with Gasteiger partial charge >= 0.3 is 0 Å². The average Bonchev–Trinajstić information content (AvgIpc) is 2.81. The number of anilines is 1. The quantitative estimate of drug-likeness (QED) is 0.383. The second kappa shape index (κ2) is 10.8. The van der Waals surface area contributed by atoms with Crippen LogP contribution in [-0.4, -0.2) is 69.3 Å².